The van der Waals surface area contributed by atoms with Gasteiger partial charge in [0.2, 0.25) is 0 Å². The summed E-state index contributed by atoms with van der Waals surface area (Å²) in [7, 11) is 0. The van der Waals surface area contributed by atoms with E-state index in [1.807, 2.05) is 24.3 Å². The average molecular weight is 290 g/mol. The molecule has 0 spiro atoms. The minimum atomic E-state index is -0.933. The Balaban J connectivity index is 1.94. The van der Waals surface area contributed by atoms with Gasteiger partial charge in [-0.1, -0.05) is 25.5 Å². The van der Waals surface area contributed by atoms with Crippen LogP contribution >= 0.6 is 0 Å². The van der Waals surface area contributed by atoms with Gasteiger partial charge in [-0.2, -0.15) is 0 Å². The zero-order valence-corrected chi connectivity index (χ0v) is 12.3. The number of rotatable bonds is 5. The quantitative estimate of drug-likeness (QED) is 0.875. The molecule has 1 aliphatic heterocycles. The molecule has 1 atom stereocenters. The molecule has 0 bridgehead atoms. The molecule has 114 valence electrons. The normalized spacial score (nSPS) is 17.8. The highest BCUT2D eigenvalue weighted by atomic mass is 16.4. The van der Waals surface area contributed by atoms with Gasteiger partial charge in [0.15, 0.2) is 0 Å². The fraction of sp³-hybridized carbons (Fsp3) is 0.500. The molecule has 5 nitrogen and oxygen atoms in total. The summed E-state index contributed by atoms with van der Waals surface area (Å²) in [5.41, 5.74) is 1.95. The Morgan fingerprint density at radius 2 is 2.05 bits per heavy atom. The fourth-order valence-electron chi connectivity index (χ4n) is 2.60. The second-order valence-electron chi connectivity index (χ2n) is 5.42. The largest absolute Gasteiger partial charge is 0.480 e. The number of aliphatic carboxylic acids is 1. The lowest BCUT2D eigenvalue weighted by Crippen LogP contribution is -2.42. The van der Waals surface area contributed by atoms with Crippen molar-refractivity contribution in [2.45, 2.75) is 45.1 Å². The van der Waals surface area contributed by atoms with Crippen molar-refractivity contribution in [1.82, 2.24) is 4.90 Å². The van der Waals surface area contributed by atoms with Crippen LogP contribution in [0, 0.1) is 0 Å². The maximum absolute atomic E-state index is 12.1. The number of benzene rings is 1. The van der Waals surface area contributed by atoms with Gasteiger partial charge < -0.3 is 15.3 Å². The zero-order valence-electron chi connectivity index (χ0n) is 12.3. The number of aryl methyl sites for hydroxylation is 1. The summed E-state index contributed by atoms with van der Waals surface area (Å²) in [6.45, 7) is 2.65. The van der Waals surface area contributed by atoms with Crippen LogP contribution in [-0.4, -0.2) is 34.6 Å². The number of hydrogen-bond donors (Lipinski definition) is 2. The van der Waals surface area contributed by atoms with Crippen LogP contribution in [0.2, 0.25) is 0 Å². The minimum absolute atomic E-state index is 0.332. The number of carbonyl (C=O) groups is 2. The van der Waals surface area contributed by atoms with Crippen molar-refractivity contribution >= 4 is 17.7 Å². The van der Waals surface area contributed by atoms with Crippen molar-refractivity contribution in [1.29, 1.82) is 0 Å². The van der Waals surface area contributed by atoms with Crippen molar-refractivity contribution < 1.29 is 14.7 Å². The average Bonchev–Trinajstić information content (AvgIpc) is 2.96. The number of carboxylic acid groups (broad SMARTS) is 1. The minimum Gasteiger partial charge on any atom is -0.480 e. The molecule has 0 aromatic heterocycles. The maximum atomic E-state index is 12.1. The van der Waals surface area contributed by atoms with Gasteiger partial charge in [0.1, 0.15) is 6.04 Å². The van der Waals surface area contributed by atoms with Crippen molar-refractivity contribution in [3.8, 4) is 0 Å². The highest BCUT2D eigenvalue weighted by Gasteiger charge is 2.33. The lowest BCUT2D eigenvalue weighted by Gasteiger charge is -2.21. The number of hydrogen-bond acceptors (Lipinski definition) is 2. The van der Waals surface area contributed by atoms with Gasteiger partial charge in [0, 0.05) is 12.2 Å². The molecule has 5 heteroatoms. The van der Waals surface area contributed by atoms with Gasteiger partial charge in [-0.05, 0) is 43.4 Å². The zero-order chi connectivity index (χ0) is 15.2. The van der Waals surface area contributed by atoms with Crippen LogP contribution in [0.5, 0.6) is 0 Å². The molecule has 0 saturated carbocycles. The van der Waals surface area contributed by atoms with Crippen molar-refractivity contribution in [3.05, 3.63) is 29.8 Å². The van der Waals surface area contributed by atoms with Crippen LogP contribution in [0.3, 0.4) is 0 Å². The molecular weight excluding hydrogens is 268 g/mol. The lowest BCUT2D eigenvalue weighted by atomic mass is 10.1. The number of nitrogens with one attached hydrogen (secondary N) is 1. The number of carbonyl (C=O) groups excluding carboxylic acids is 1. The second-order valence-corrected chi connectivity index (χ2v) is 5.42. The van der Waals surface area contributed by atoms with Crippen LogP contribution in [0.4, 0.5) is 10.5 Å². The van der Waals surface area contributed by atoms with E-state index < -0.39 is 12.0 Å². The molecular formula is C16H22N2O3. The third-order valence-corrected chi connectivity index (χ3v) is 3.82. The Morgan fingerprint density at radius 1 is 1.33 bits per heavy atom. The number of nitrogens with zero attached hydrogens (tertiary/aromatic N) is 1. The van der Waals surface area contributed by atoms with E-state index in [1.54, 1.807) is 0 Å². The van der Waals surface area contributed by atoms with Crippen LogP contribution in [0.1, 0.15) is 38.2 Å². The van der Waals surface area contributed by atoms with Gasteiger partial charge in [-0.25, -0.2) is 9.59 Å². The first kappa shape index (κ1) is 15.4. The highest BCUT2D eigenvalue weighted by molar-refractivity contribution is 5.92. The Hall–Kier alpha value is -2.04. The summed E-state index contributed by atoms with van der Waals surface area (Å²) >= 11 is 0. The molecule has 21 heavy (non-hydrogen) atoms. The predicted octanol–water partition coefficient (Wildman–Crippen LogP) is 3.11. The predicted molar refractivity (Wildman–Crippen MR) is 81.4 cm³/mol. The van der Waals surface area contributed by atoms with E-state index in [0.717, 1.165) is 25.7 Å². The van der Waals surface area contributed by atoms with E-state index >= 15 is 0 Å². The Bertz CT molecular complexity index is 499. The number of urea groups is 1. The fourth-order valence-corrected chi connectivity index (χ4v) is 2.60. The molecule has 1 aliphatic rings. The standard InChI is InChI=1S/C16H22N2O3/c1-2-3-5-12-7-9-13(10-8-12)17-16(21)18-11-4-6-14(18)15(19)20/h7-10,14H,2-6,11H2,1H3,(H,17,21)(H,19,20)/t14-/m0/s1. The van der Waals surface area contributed by atoms with Crippen LogP contribution < -0.4 is 5.32 Å². The lowest BCUT2D eigenvalue weighted by molar-refractivity contribution is -0.141. The first-order chi connectivity index (χ1) is 10.1. The van der Waals surface area contributed by atoms with Gasteiger partial charge in [-0.15, -0.1) is 0 Å². The van der Waals surface area contributed by atoms with Gasteiger partial charge in [0.05, 0.1) is 0 Å². The summed E-state index contributed by atoms with van der Waals surface area (Å²) in [5.74, 6) is -0.933. The van der Waals surface area contributed by atoms with E-state index in [1.165, 1.54) is 10.5 Å². The molecule has 0 aliphatic carbocycles. The number of anilines is 1. The smallest absolute Gasteiger partial charge is 0.326 e. The molecule has 1 heterocycles. The topological polar surface area (TPSA) is 69.6 Å². The summed E-state index contributed by atoms with van der Waals surface area (Å²) in [4.78, 5) is 24.6. The monoisotopic (exact) mass is 290 g/mol. The van der Waals surface area contributed by atoms with Gasteiger partial charge >= 0.3 is 12.0 Å². The van der Waals surface area contributed by atoms with E-state index in [4.69, 9.17) is 5.11 Å². The van der Waals surface area contributed by atoms with Crippen molar-refractivity contribution in [2.75, 3.05) is 11.9 Å². The van der Waals surface area contributed by atoms with Crippen molar-refractivity contribution in [2.24, 2.45) is 0 Å². The van der Waals surface area contributed by atoms with E-state index in [-0.39, 0.29) is 6.03 Å². The highest BCUT2D eigenvalue weighted by Crippen LogP contribution is 2.19. The molecule has 2 rings (SSSR count). The number of carboxylic acids is 1. The maximum Gasteiger partial charge on any atom is 0.326 e. The number of likely N-dealkylation sites (tertiary alicyclic amines) is 1. The Labute approximate surface area is 125 Å². The molecule has 0 unspecified atom stereocenters. The SMILES string of the molecule is CCCCc1ccc(NC(=O)N2CCC[C@H]2C(=O)O)cc1. The van der Waals surface area contributed by atoms with E-state index in [9.17, 15) is 9.59 Å². The summed E-state index contributed by atoms with van der Waals surface area (Å²) in [6, 6.07) is 6.71. The van der Waals surface area contributed by atoms with Gasteiger partial charge in [0.25, 0.3) is 0 Å². The number of amides is 2. The molecule has 2 N–H and O–H groups in total. The molecule has 1 saturated heterocycles. The second kappa shape index (κ2) is 7.11. The van der Waals surface area contributed by atoms with Crippen LogP contribution in [-0.2, 0) is 11.2 Å². The molecule has 2 amide bonds. The van der Waals surface area contributed by atoms with Gasteiger partial charge in [-0.3, -0.25) is 0 Å². The Morgan fingerprint density at radius 3 is 2.67 bits per heavy atom. The molecule has 1 fully saturated rings. The molecule has 0 radical (unpaired) electrons. The number of unbranched alkanes of at least 4 members (excludes halogenated alkanes) is 1. The third kappa shape index (κ3) is 3.97. The third-order valence-electron chi connectivity index (χ3n) is 3.82. The molecule has 1 aromatic rings. The summed E-state index contributed by atoms with van der Waals surface area (Å²) in [5, 5.41) is 11.9. The summed E-state index contributed by atoms with van der Waals surface area (Å²) in [6.07, 6.45) is 4.61. The van der Waals surface area contributed by atoms with Crippen molar-refractivity contribution in [3.63, 3.8) is 0 Å². The van der Waals surface area contributed by atoms with E-state index in [2.05, 4.69) is 12.2 Å². The first-order valence-electron chi connectivity index (χ1n) is 7.51. The van der Waals surface area contributed by atoms with Crippen LogP contribution in [0.25, 0.3) is 0 Å². The van der Waals surface area contributed by atoms with Crippen LogP contribution in [0.15, 0.2) is 24.3 Å². The Kier molecular flexibility index (Phi) is 5.20. The molecule has 1 aromatic carbocycles. The van der Waals surface area contributed by atoms with E-state index in [0.29, 0.717) is 18.7 Å². The summed E-state index contributed by atoms with van der Waals surface area (Å²) < 4.78 is 0. The first-order valence-corrected chi connectivity index (χ1v) is 7.51.